The second kappa shape index (κ2) is 5.78. The molecule has 2 aliphatic rings. The molecule has 0 radical (unpaired) electrons. The summed E-state index contributed by atoms with van der Waals surface area (Å²) in [6.07, 6.45) is 1.09. The molecule has 1 fully saturated rings. The van der Waals surface area contributed by atoms with Crippen molar-refractivity contribution in [2.45, 2.75) is 44.0 Å². The zero-order valence-corrected chi connectivity index (χ0v) is 16.3. The second-order valence-electron chi connectivity index (χ2n) is 7.66. The lowest BCUT2D eigenvalue weighted by molar-refractivity contribution is 0.00691. The number of anilines is 1. The van der Waals surface area contributed by atoms with E-state index in [9.17, 15) is 18.3 Å². The summed E-state index contributed by atoms with van der Waals surface area (Å²) in [7, 11) is -3.60. The van der Waals surface area contributed by atoms with Crippen molar-refractivity contribution in [3.8, 4) is 5.75 Å². The van der Waals surface area contributed by atoms with E-state index < -0.39 is 31.9 Å². The van der Waals surface area contributed by atoms with Gasteiger partial charge in [0.05, 0.1) is 24.8 Å². The molecule has 3 heterocycles. The maximum absolute atomic E-state index is 12.3. The van der Waals surface area contributed by atoms with Crippen LogP contribution in [-0.2, 0) is 19.3 Å². The third kappa shape index (κ3) is 2.71. The van der Waals surface area contributed by atoms with Crippen LogP contribution in [-0.4, -0.2) is 67.1 Å². The fourth-order valence-corrected chi connectivity index (χ4v) is 3.83. The summed E-state index contributed by atoms with van der Waals surface area (Å²) in [5.41, 5.74) is -0.468. The van der Waals surface area contributed by atoms with Gasteiger partial charge in [-0.25, -0.2) is 23.2 Å². The molecule has 1 aromatic heterocycles. The Hall–Kier alpha value is -1.94. The molecular weight excluding hydrogens is 362 g/mol. The van der Waals surface area contributed by atoms with Crippen LogP contribution in [0.5, 0.6) is 5.75 Å². The Labute approximate surface area is 152 Å². The number of carbonyl (C=O) groups is 1. The van der Waals surface area contributed by atoms with Gasteiger partial charge in [0.2, 0.25) is 5.82 Å². The number of hydrogen-bond acceptors (Lipinski definition) is 8. The molecule has 0 aromatic carbocycles. The molecule has 0 spiro atoms. The predicted octanol–water partition coefficient (Wildman–Crippen LogP) is 0.831. The lowest BCUT2D eigenvalue weighted by Gasteiger charge is -2.51. The Kier molecular flexibility index (Phi) is 4.19. The number of carboxylic acid groups (broad SMARTS) is 1. The topological polar surface area (TPSA) is 119 Å². The quantitative estimate of drug-likeness (QED) is 0.807. The molecule has 0 saturated carbocycles. The van der Waals surface area contributed by atoms with Crippen molar-refractivity contribution >= 4 is 21.6 Å². The molecular formula is C16H23N3O6S. The minimum Gasteiger partial charge on any atom is -0.485 e. The number of ether oxygens (including phenoxy) is 2. The fraction of sp³-hybridized carbons (Fsp3) is 0.688. The number of aromatic nitrogens is 2. The highest BCUT2D eigenvalue weighted by Gasteiger charge is 2.49. The number of carboxylic acids is 1. The van der Waals surface area contributed by atoms with Crippen LogP contribution in [0.4, 0.5) is 5.82 Å². The average molecular weight is 385 g/mol. The maximum atomic E-state index is 12.3. The molecule has 144 valence electrons. The number of rotatable bonds is 3. The highest BCUT2D eigenvalue weighted by atomic mass is 32.2. The Morgan fingerprint density at radius 3 is 2.58 bits per heavy atom. The summed E-state index contributed by atoms with van der Waals surface area (Å²) in [5.74, 6) is -1.26. The van der Waals surface area contributed by atoms with E-state index in [1.165, 1.54) is 13.8 Å². The van der Waals surface area contributed by atoms with Crippen LogP contribution < -0.4 is 9.64 Å². The molecule has 26 heavy (non-hydrogen) atoms. The highest BCUT2D eigenvalue weighted by Crippen LogP contribution is 2.45. The van der Waals surface area contributed by atoms with Crippen LogP contribution in [0, 0.1) is 0 Å². The van der Waals surface area contributed by atoms with Gasteiger partial charge in [0.1, 0.15) is 17.0 Å². The summed E-state index contributed by atoms with van der Waals surface area (Å²) >= 11 is 0. The first kappa shape index (κ1) is 18.8. The van der Waals surface area contributed by atoms with Gasteiger partial charge in [-0.15, -0.1) is 0 Å². The maximum Gasteiger partial charge on any atom is 0.374 e. The SMILES string of the molecule is C[C@@H]1COCC2(C)COc3c(nc(C(=O)O)nc3C(C)(C)S(C)(=O)=O)N12. The van der Waals surface area contributed by atoms with Gasteiger partial charge in [0.25, 0.3) is 0 Å². The minimum absolute atomic E-state index is 0.0585. The van der Waals surface area contributed by atoms with Gasteiger partial charge >= 0.3 is 5.97 Å². The van der Waals surface area contributed by atoms with Crippen molar-refractivity contribution in [3.63, 3.8) is 0 Å². The summed E-state index contributed by atoms with van der Waals surface area (Å²) in [4.78, 5) is 21.8. The first-order chi connectivity index (χ1) is 11.9. The van der Waals surface area contributed by atoms with Gasteiger partial charge in [-0.2, -0.15) is 0 Å². The van der Waals surface area contributed by atoms with Gasteiger partial charge < -0.3 is 19.5 Å². The molecule has 2 atom stereocenters. The van der Waals surface area contributed by atoms with Crippen molar-refractivity contribution < 1.29 is 27.8 Å². The number of morpholine rings is 1. The number of sulfone groups is 1. The normalized spacial score (nSPS) is 25.9. The van der Waals surface area contributed by atoms with E-state index in [2.05, 4.69) is 9.97 Å². The smallest absolute Gasteiger partial charge is 0.374 e. The lowest BCUT2D eigenvalue weighted by Crippen LogP contribution is -2.64. The molecule has 1 unspecified atom stereocenters. The van der Waals surface area contributed by atoms with Gasteiger partial charge in [-0.05, 0) is 27.7 Å². The summed E-state index contributed by atoms with van der Waals surface area (Å²) in [5, 5.41) is 9.45. The zero-order valence-electron chi connectivity index (χ0n) is 15.4. The molecule has 1 aromatic rings. The van der Waals surface area contributed by atoms with Crippen molar-refractivity contribution in [1.82, 2.24) is 9.97 Å². The standard InChI is InChI=1S/C16H23N3O6S/c1-9-6-24-7-16(4)8-25-10-11(15(2,3)26(5,22)23)17-12(14(20)21)18-13(10)19(9)16/h9H,6-8H2,1-5H3,(H,20,21)/t9-,16?/m1/s1. The van der Waals surface area contributed by atoms with Crippen molar-refractivity contribution in [2.24, 2.45) is 0 Å². The minimum atomic E-state index is -3.60. The van der Waals surface area contributed by atoms with Crippen LogP contribution in [0.15, 0.2) is 0 Å². The number of hydrogen-bond donors (Lipinski definition) is 1. The number of aromatic carboxylic acids is 1. The van der Waals surface area contributed by atoms with Crippen molar-refractivity contribution in [2.75, 3.05) is 31.0 Å². The van der Waals surface area contributed by atoms with Crippen LogP contribution in [0.3, 0.4) is 0 Å². The highest BCUT2D eigenvalue weighted by molar-refractivity contribution is 7.91. The van der Waals surface area contributed by atoms with E-state index in [0.29, 0.717) is 19.0 Å². The van der Waals surface area contributed by atoms with E-state index in [1.54, 1.807) is 0 Å². The number of fused-ring (bicyclic) bond motifs is 3. The Balaban J connectivity index is 2.31. The lowest BCUT2D eigenvalue weighted by atomic mass is 9.95. The van der Waals surface area contributed by atoms with E-state index in [1.807, 2.05) is 18.7 Å². The summed E-state index contributed by atoms with van der Waals surface area (Å²) < 4.78 is 34.7. The van der Waals surface area contributed by atoms with Crippen LogP contribution >= 0.6 is 0 Å². The Morgan fingerprint density at radius 1 is 1.35 bits per heavy atom. The molecule has 10 heteroatoms. The van der Waals surface area contributed by atoms with E-state index >= 15 is 0 Å². The molecule has 0 bridgehead atoms. The number of nitrogens with zero attached hydrogens (tertiary/aromatic N) is 3. The molecule has 0 aliphatic carbocycles. The van der Waals surface area contributed by atoms with Gasteiger partial charge in [0, 0.05) is 6.26 Å². The summed E-state index contributed by atoms with van der Waals surface area (Å²) in [6, 6.07) is -0.0814. The van der Waals surface area contributed by atoms with Crippen LogP contribution in [0.25, 0.3) is 0 Å². The Bertz CT molecular complexity index is 869. The summed E-state index contributed by atoms with van der Waals surface area (Å²) in [6.45, 7) is 7.95. The van der Waals surface area contributed by atoms with Crippen LogP contribution in [0.2, 0.25) is 0 Å². The largest absolute Gasteiger partial charge is 0.485 e. The molecule has 9 nitrogen and oxygen atoms in total. The van der Waals surface area contributed by atoms with Crippen LogP contribution in [0.1, 0.15) is 44.0 Å². The first-order valence-electron chi connectivity index (χ1n) is 8.24. The van der Waals surface area contributed by atoms with Crippen molar-refractivity contribution in [3.05, 3.63) is 11.5 Å². The van der Waals surface area contributed by atoms with Gasteiger partial charge in [0.15, 0.2) is 21.4 Å². The average Bonchev–Trinajstić information content (AvgIpc) is 2.51. The molecule has 1 N–H and O–H groups in total. The van der Waals surface area contributed by atoms with E-state index in [0.717, 1.165) is 6.26 Å². The molecule has 1 saturated heterocycles. The third-order valence-corrected chi connectivity index (χ3v) is 7.13. The molecule has 3 rings (SSSR count). The molecule has 2 aliphatic heterocycles. The molecule has 0 amide bonds. The second-order valence-corrected chi connectivity index (χ2v) is 10.2. The van der Waals surface area contributed by atoms with Crippen molar-refractivity contribution in [1.29, 1.82) is 0 Å². The first-order valence-corrected chi connectivity index (χ1v) is 10.1. The van der Waals surface area contributed by atoms with E-state index in [4.69, 9.17) is 9.47 Å². The zero-order chi connectivity index (χ0) is 19.5. The fourth-order valence-electron chi connectivity index (χ4n) is 3.34. The monoisotopic (exact) mass is 385 g/mol. The Morgan fingerprint density at radius 2 is 2.00 bits per heavy atom. The predicted molar refractivity (Wildman–Crippen MR) is 93.5 cm³/mol. The van der Waals surface area contributed by atoms with Gasteiger partial charge in [-0.1, -0.05) is 0 Å². The third-order valence-electron chi connectivity index (χ3n) is 5.09. The van der Waals surface area contributed by atoms with E-state index in [-0.39, 0.29) is 24.1 Å². The van der Waals surface area contributed by atoms with Gasteiger partial charge in [-0.3, -0.25) is 0 Å².